The first kappa shape index (κ1) is 21.8. The number of fused-ring (bicyclic) bond motifs is 2. The van der Waals surface area contributed by atoms with Crippen LogP contribution in [0.25, 0.3) is 22.0 Å². The van der Waals surface area contributed by atoms with Crippen LogP contribution in [-0.4, -0.2) is 63.3 Å². The van der Waals surface area contributed by atoms with Gasteiger partial charge in [0, 0.05) is 31.3 Å². The van der Waals surface area contributed by atoms with Crippen LogP contribution >= 0.6 is 11.6 Å². The molecule has 0 bridgehead atoms. The Labute approximate surface area is 194 Å². The van der Waals surface area contributed by atoms with Crippen molar-refractivity contribution in [3.05, 3.63) is 45.2 Å². The molecule has 0 saturated carbocycles. The van der Waals surface area contributed by atoms with E-state index >= 15 is 4.39 Å². The number of halogens is 3. The third-order valence-corrected chi connectivity index (χ3v) is 6.32. The summed E-state index contributed by atoms with van der Waals surface area (Å²) in [4.78, 5) is 33.2. The minimum Gasteiger partial charge on any atom is -0.489 e. The maximum Gasteiger partial charge on any atom is 0.407 e. The fourth-order valence-electron chi connectivity index (χ4n) is 4.39. The number of amides is 1. The molecule has 1 fully saturated rings. The van der Waals surface area contributed by atoms with Crippen LogP contribution in [0.4, 0.5) is 30.8 Å². The van der Waals surface area contributed by atoms with Gasteiger partial charge >= 0.3 is 6.09 Å². The van der Waals surface area contributed by atoms with Crippen LogP contribution in [0.15, 0.2) is 18.5 Å². The Morgan fingerprint density at radius 1 is 1.29 bits per heavy atom. The predicted octanol–water partition coefficient (Wildman–Crippen LogP) is 3.28. The van der Waals surface area contributed by atoms with Crippen molar-refractivity contribution in [2.24, 2.45) is 0 Å². The highest BCUT2D eigenvalue weighted by Gasteiger charge is 2.37. The average Bonchev–Trinajstić information content (AvgIpc) is 2.96. The van der Waals surface area contributed by atoms with Crippen LogP contribution in [0.1, 0.15) is 0 Å². The van der Waals surface area contributed by atoms with Gasteiger partial charge in [-0.3, -0.25) is 10.1 Å². The van der Waals surface area contributed by atoms with Crippen molar-refractivity contribution in [1.29, 1.82) is 0 Å². The first-order valence-electron chi connectivity index (χ1n) is 9.96. The third kappa shape index (κ3) is 3.11. The number of benzene rings is 2. The van der Waals surface area contributed by atoms with Crippen LogP contribution in [0.5, 0.6) is 5.75 Å². The summed E-state index contributed by atoms with van der Waals surface area (Å²) >= 11 is 6.52. The Morgan fingerprint density at radius 3 is 2.76 bits per heavy atom. The molecule has 2 aliphatic rings. The van der Waals surface area contributed by atoms with Crippen molar-refractivity contribution in [3.63, 3.8) is 0 Å². The summed E-state index contributed by atoms with van der Waals surface area (Å²) in [5.41, 5.74) is 3.28. The average molecular weight is 493 g/mol. The molecule has 0 radical (unpaired) electrons. The molecular formula is C20H15ClF2N6O5. The Morgan fingerprint density at radius 2 is 2.06 bits per heavy atom. The molecule has 0 aliphatic carbocycles. The van der Waals surface area contributed by atoms with Gasteiger partial charge in [0.05, 0.1) is 26.9 Å². The molecule has 34 heavy (non-hydrogen) atoms. The van der Waals surface area contributed by atoms with E-state index in [2.05, 4.69) is 9.97 Å². The van der Waals surface area contributed by atoms with E-state index in [0.717, 1.165) is 18.5 Å². The molecule has 3 heterocycles. The highest BCUT2D eigenvalue weighted by Crippen LogP contribution is 2.50. The lowest BCUT2D eigenvalue weighted by atomic mass is 9.98. The van der Waals surface area contributed by atoms with Crippen LogP contribution in [0, 0.1) is 21.7 Å². The first-order valence-corrected chi connectivity index (χ1v) is 10.3. The zero-order valence-electron chi connectivity index (χ0n) is 17.2. The van der Waals surface area contributed by atoms with Gasteiger partial charge in [-0.2, -0.15) is 0 Å². The lowest BCUT2D eigenvalue weighted by molar-refractivity contribution is -0.383. The number of carboxylic acid groups (broad SMARTS) is 1. The number of hydrogen-bond acceptors (Lipinski definition) is 8. The molecule has 0 unspecified atom stereocenters. The van der Waals surface area contributed by atoms with Gasteiger partial charge < -0.3 is 25.4 Å². The number of nitro groups is 1. The van der Waals surface area contributed by atoms with Gasteiger partial charge in [-0.1, -0.05) is 11.6 Å². The fraction of sp³-hybridized carbons (Fsp3) is 0.250. The summed E-state index contributed by atoms with van der Waals surface area (Å²) in [6.45, 7) is 0.525. The monoisotopic (exact) mass is 492 g/mol. The van der Waals surface area contributed by atoms with E-state index in [1.54, 1.807) is 4.90 Å². The van der Waals surface area contributed by atoms with E-state index < -0.39 is 51.2 Å². The number of aromatic nitrogens is 2. The lowest BCUT2D eigenvalue weighted by Gasteiger charge is -2.39. The number of piperazine rings is 1. The molecule has 3 N–H and O–H groups in total. The maximum absolute atomic E-state index is 15.8. The highest BCUT2D eigenvalue weighted by molar-refractivity contribution is 6.37. The van der Waals surface area contributed by atoms with E-state index in [-0.39, 0.29) is 53.7 Å². The van der Waals surface area contributed by atoms with Crippen molar-refractivity contribution in [1.82, 2.24) is 14.9 Å². The number of carbonyl (C=O) groups is 1. The minimum atomic E-state index is -1.09. The zero-order chi connectivity index (χ0) is 24.3. The van der Waals surface area contributed by atoms with Gasteiger partial charge in [-0.05, 0) is 6.07 Å². The lowest BCUT2D eigenvalue weighted by Crippen LogP contribution is -2.56. The molecule has 176 valence electrons. The Balaban J connectivity index is 1.76. The molecule has 3 aromatic rings. The second-order valence-electron chi connectivity index (χ2n) is 7.75. The van der Waals surface area contributed by atoms with Crippen molar-refractivity contribution in [3.8, 4) is 16.9 Å². The van der Waals surface area contributed by atoms with Crippen molar-refractivity contribution < 1.29 is 28.3 Å². The van der Waals surface area contributed by atoms with Crippen LogP contribution in [0.2, 0.25) is 5.02 Å². The summed E-state index contributed by atoms with van der Waals surface area (Å²) in [6.07, 6.45) is 0.0265. The van der Waals surface area contributed by atoms with Crippen LogP contribution in [0.3, 0.4) is 0 Å². The Kier molecular flexibility index (Phi) is 5.01. The largest absolute Gasteiger partial charge is 0.489 e. The number of nitrogens with two attached hydrogens (primary N) is 1. The van der Waals surface area contributed by atoms with Gasteiger partial charge in [0.25, 0.3) is 5.69 Å². The van der Waals surface area contributed by atoms with Gasteiger partial charge in [0.1, 0.15) is 35.8 Å². The number of nitrogens with zero attached hydrogens (tertiary/aromatic N) is 5. The standard InChI is InChI=1S/C20H15ClF2N6O5/c21-14-12(11-9(22)1-2-10(16(11)24)29(32)33)15(23)17-13-18(14)34-6-8-5-27(20(30)31)3-4-28(8)19(13)26-7-25-17/h1-2,7-8H,3-6,24H2,(H,30,31)/t8-/m0/s1. The predicted molar refractivity (Wildman–Crippen MR) is 117 cm³/mol. The fourth-order valence-corrected chi connectivity index (χ4v) is 4.71. The molecule has 11 nitrogen and oxygen atoms in total. The van der Waals surface area contributed by atoms with E-state index in [0.29, 0.717) is 0 Å². The van der Waals surface area contributed by atoms with Gasteiger partial charge in [-0.25, -0.2) is 23.5 Å². The molecular weight excluding hydrogens is 478 g/mol. The quantitative estimate of drug-likeness (QED) is 0.312. The summed E-state index contributed by atoms with van der Waals surface area (Å²) < 4.78 is 36.6. The maximum atomic E-state index is 15.8. The number of anilines is 2. The van der Waals surface area contributed by atoms with Gasteiger partial charge in [0.2, 0.25) is 0 Å². The summed E-state index contributed by atoms with van der Waals surface area (Å²) in [7, 11) is 0. The number of rotatable bonds is 2. The molecule has 1 aromatic heterocycles. The molecule has 14 heteroatoms. The summed E-state index contributed by atoms with van der Waals surface area (Å²) in [6, 6.07) is 1.21. The third-order valence-electron chi connectivity index (χ3n) is 5.96. The zero-order valence-corrected chi connectivity index (χ0v) is 17.9. The number of hydrogen-bond donors (Lipinski definition) is 2. The molecule has 2 aromatic carbocycles. The molecule has 5 rings (SSSR count). The molecule has 1 atom stereocenters. The van der Waals surface area contributed by atoms with Gasteiger partial charge in [-0.15, -0.1) is 0 Å². The van der Waals surface area contributed by atoms with E-state index in [1.165, 1.54) is 4.90 Å². The topological polar surface area (TPSA) is 148 Å². The van der Waals surface area contributed by atoms with Crippen LogP contribution in [-0.2, 0) is 0 Å². The smallest absolute Gasteiger partial charge is 0.407 e. The first-order chi connectivity index (χ1) is 16.2. The summed E-state index contributed by atoms with van der Waals surface area (Å²) in [5, 5.41) is 20.4. The van der Waals surface area contributed by atoms with E-state index in [1.807, 2.05) is 0 Å². The van der Waals surface area contributed by atoms with E-state index in [9.17, 15) is 24.4 Å². The Bertz CT molecular complexity index is 1390. The second-order valence-corrected chi connectivity index (χ2v) is 8.13. The molecule has 2 aliphatic heterocycles. The second kappa shape index (κ2) is 7.80. The van der Waals surface area contributed by atoms with Crippen molar-refractivity contribution in [2.45, 2.75) is 6.04 Å². The SMILES string of the molecule is Nc1c([N+](=O)[O-])ccc(F)c1-c1c(Cl)c2c3c(ncnc3c1F)N1CCN(C(=O)O)C[C@H]1CO2. The number of ether oxygens (including phenoxy) is 1. The van der Waals surface area contributed by atoms with Gasteiger partial charge in [0.15, 0.2) is 11.6 Å². The van der Waals surface area contributed by atoms with Crippen molar-refractivity contribution in [2.75, 3.05) is 36.9 Å². The molecule has 0 spiro atoms. The number of nitro benzene ring substituents is 1. The van der Waals surface area contributed by atoms with E-state index in [4.69, 9.17) is 22.1 Å². The molecule has 1 amide bonds. The minimum absolute atomic E-state index is 0.0348. The summed E-state index contributed by atoms with van der Waals surface area (Å²) in [5.74, 6) is -1.84. The van der Waals surface area contributed by atoms with Crippen LogP contribution < -0.4 is 15.4 Å². The Hall–Kier alpha value is -4.00. The molecule has 1 saturated heterocycles. The number of nitrogen functional groups attached to an aromatic ring is 1. The normalized spacial score (nSPS) is 17.2. The van der Waals surface area contributed by atoms with Crippen molar-refractivity contribution >= 4 is 45.8 Å². The highest BCUT2D eigenvalue weighted by atomic mass is 35.5.